The molecule has 0 fully saturated rings. The number of rotatable bonds is 4. The van der Waals surface area contributed by atoms with E-state index in [2.05, 4.69) is 5.32 Å². The summed E-state index contributed by atoms with van der Waals surface area (Å²) in [5, 5.41) is 22.9. The number of para-hydroxylation sites is 2. The molecule has 2 rings (SSSR count). The third-order valence-corrected chi connectivity index (χ3v) is 2.78. The number of nitro groups is 1. The Morgan fingerprint density at radius 2 is 1.80 bits per heavy atom. The van der Waals surface area contributed by atoms with Gasteiger partial charge in [0.05, 0.1) is 10.5 Å². The first-order chi connectivity index (χ1) is 9.59. The zero-order valence-corrected chi connectivity index (χ0v) is 10.4. The second kappa shape index (κ2) is 5.83. The second-order valence-corrected chi connectivity index (χ2v) is 4.09. The number of hydrogen-bond donors (Lipinski definition) is 2. The fourth-order valence-electron chi connectivity index (χ4n) is 1.77. The molecule has 0 saturated carbocycles. The van der Waals surface area contributed by atoms with Crippen LogP contribution in [0, 0.1) is 10.1 Å². The summed E-state index contributed by atoms with van der Waals surface area (Å²) in [6.45, 7) is 0.0182. The maximum absolute atomic E-state index is 11.9. The lowest BCUT2D eigenvalue weighted by molar-refractivity contribution is -0.385. The smallest absolute Gasteiger partial charge is 0.274 e. The van der Waals surface area contributed by atoms with Crippen LogP contribution in [0.1, 0.15) is 15.9 Å². The van der Waals surface area contributed by atoms with E-state index in [4.69, 9.17) is 0 Å². The van der Waals surface area contributed by atoms with E-state index in [1.165, 1.54) is 18.2 Å². The van der Waals surface area contributed by atoms with E-state index in [0.717, 1.165) is 0 Å². The van der Waals surface area contributed by atoms with Crippen LogP contribution >= 0.6 is 0 Å². The molecule has 2 aromatic carbocycles. The maximum Gasteiger partial charge on any atom is 0.274 e. The molecule has 20 heavy (non-hydrogen) atoms. The molecule has 0 unspecified atom stereocenters. The molecule has 0 radical (unpaired) electrons. The lowest BCUT2D eigenvalue weighted by atomic mass is 10.1. The zero-order valence-electron chi connectivity index (χ0n) is 10.4. The molecular weight excluding hydrogens is 260 g/mol. The van der Waals surface area contributed by atoms with Gasteiger partial charge in [-0.25, -0.2) is 0 Å². The van der Waals surface area contributed by atoms with Gasteiger partial charge in [-0.15, -0.1) is 0 Å². The second-order valence-electron chi connectivity index (χ2n) is 4.09. The summed E-state index contributed by atoms with van der Waals surface area (Å²) in [6.07, 6.45) is 0. The van der Waals surface area contributed by atoms with Gasteiger partial charge in [0.15, 0.2) is 0 Å². The number of aromatic hydroxyl groups is 1. The summed E-state index contributed by atoms with van der Waals surface area (Å²) < 4.78 is 0. The first kappa shape index (κ1) is 13.5. The molecule has 0 aliphatic carbocycles. The third-order valence-electron chi connectivity index (χ3n) is 2.78. The highest BCUT2D eigenvalue weighted by atomic mass is 16.6. The maximum atomic E-state index is 11.9. The van der Waals surface area contributed by atoms with Gasteiger partial charge < -0.3 is 10.4 Å². The van der Waals surface area contributed by atoms with E-state index in [1.807, 2.05) is 0 Å². The zero-order chi connectivity index (χ0) is 14.5. The van der Waals surface area contributed by atoms with Crippen molar-refractivity contribution in [2.75, 3.05) is 0 Å². The quantitative estimate of drug-likeness (QED) is 0.659. The van der Waals surface area contributed by atoms with Gasteiger partial charge in [-0.1, -0.05) is 30.3 Å². The number of phenols is 1. The summed E-state index contributed by atoms with van der Waals surface area (Å²) in [4.78, 5) is 22.2. The minimum absolute atomic E-state index is 0.0182. The summed E-state index contributed by atoms with van der Waals surface area (Å²) >= 11 is 0. The molecule has 6 nitrogen and oxygen atoms in total. The van der Waals surface area contributed by atoms with Gasteiger partial charge in [0.1, 0.15) is 5.75 Å². The van der Waals surface area contributed by atoms with E-state index in [9.17, 15) is 20.0 Å². The average molecular weight is 272 g/mol. The van der Waals surface area contributed by atoms with Gasteiger partial charge >= 0.3 is 0 Å². The van der Waals surface area contributed by atoms with E-state index >= 15 is 0 Å². The first-order valence-electron chi connectivity index (χ1n) is 5.88. The van der Waals surface area contributed by atoms with Crippen molar-refractivity contribution in [1.29, 1.82) is 0 Å². The Labute approximate surface area is 114 Å². The molecule has 0 aliphatic heterocycles. The highest BCUT2D eigenvalue weighted by Gasteiger charge is 2.14. The molecule has 0 aliphatic rings. The van der Waals surface area contributed by atoms with E-state index in [1.54, 1.807) is 30.3 Å². The van der Waals surface area contributed by atoms with Crippen LogP contribution in [-0.4, -0.2) is 15.9 Å². The van der Waals surface area contributed by atoms with Crippen molar-refractivity contribution in [3.05, 3.63) is 69.8 Å². The minimum Gasteiger partial charge on any atom is -0.507 e. The number of nitrogens with one attached hydrogen (secondary N) is 1. The highest BCUT2D eigenvalue weighted by molar-refractivity contribution is 5.96. The molecule has 2 N–H and O–H groups in total. The van der Waals surface area contributed by atoms with Crippen LogP contribution in [0.5, 0.6) is 5.75 Å². The first-order valence-corrected chi connectivity index (χ1v) is 5.88. The molecule has 0 spiro atoms. The Morgan fingerprint density at radius 1 is 1.15 bits per heavy atom. The van der Waals surface area contributed by atoms with Crippen molar-refractivity contribution in [2.24, 2.45) is 0 Å². The molecule has 0 heterocycles. The van der Waals surface area contributed by atoms with Gasteiger partial charge in [-0.2, -0.15) is 0 Å². The van der Waals surface area contributed by atoms with Gasteiger partial charge in [0.2, 0.25) is 0 Å². The average Bonchev–Trinajstić information content (AvgIpc) is 2.45. The number of hydrogen-bond acceptors (Lipinski definition) is 4. The van der Waals surface area contributed by atoms with Crippen LogP contribution in [0.15, 0.2) is 48.5 Å². The molecular formula is C14H12N2O4. The predicted molar refractivity (Wildman–Crippen MR) is 72.4 cm³/mol. The van der Waals surface area contributed by atoms with Crippen molar-refractivity contribution >= 4 is 11.6 Å². The molecule has 0 bridgehead atoms. The topological polar surface area (TPSA) is 92.5 Å². The monoisotopic (exact) mass is 272 g/mol. The summed E-state index contributed by atoms with van der Waals surface area (Å²) in [5.74, 6) is -0.617. The van der Waals surface area contributed by atoms with Crippen molar-refractivity contribution in [2.45, 2.75) is 6.54 Å². The number of carbonyl (C=O) groups is 1. The molecule has 102 valence electrons. The van der Waals surface area contributed by atoms with E-state index in [0.29, 0.717) is 5.56 Å². The number of amides is 1. The van der Waals surface area contributed by atoms with Gasteiger partial charge in [0, 0.05) is 18.2 Å². The Bertz CT molecular complexity index is 655. The van der Waals surface area contributed by atoms with Crippen molar-refractivity contribution in [1.82, 2.24) is 5.32 Å². The van der Waals surface area contributed by atoms with Crippen molar-refractivity contribution in [3.63, 3.8) is 0 Å². The normalized spacial score (nSPS) is 10.0. The Morgan fingerprint density at radius 3 is 2.50 bits per heavy atom. The van der Waals surface area contributed by atoms with Gasteiger partial charge in [0.25, 0.3) is 11.6 Å². The number of carbonyl (C=O) groups excluding carboxylic acids is 1. The van der Waals surface area contributed by atoms with Gasteiger partial charge in [-0.05, 0) is 12.1 Å². The molecule has 6 heteroatoms. The minimum atomic E-state index is -0.499. The molecule has 0 saturated heterocycles. The lowest BCUT2D eigenvalue weighted by Crippen LogP contribution is -2.23. The largest absolute Gasteiger partial charge is 0.507 e. The Balaban J connectivity index is 2.12. The third kappa shape index (κ3) is 2.92. The highest BCUT2D eigenvalue weighted by Crippen LogP contribution is 2.18. The number of nitro benzene ring substituents is 1. The molecule has 2 aromatic rings. The fourth-order valence-corrected chi connectivity index (χ4v) is 1.77. The number of phenolic OH excluding ortho intramolecular Hbond substituents is 1. The summed E-state index contributed by atoms with van der Waals surface area (Å²) in [5.41, 5.74) is 0.484. The lowest BCUT2D eigenvalue weighted by Gasteiger charge is -2.07. The standard InChI is InChI=1S/C14H12N2O4/c17-13-8-4-2-6-11(13)14(18)15-9-10-5-1-3-7-12(10)16(19)20/h1-8,17H,9H2,(H,15,18). The van der Waals surface area contributed by atoms with Crippen molar-refractivity contribution in [3.8, 4) is 5.75 Å². The Kier molecular flexibility index (Phi) is 3.95. The molecule has 0 atom stereocenters. The SMILES string of the molecule is O=C(NCc1ccccc1[N+](=O)[O-])c1ccccc1O. The predicted octanol–water partition coefficient (Wildman–Crippen LogP) is 2.23. The van der Waals surface area contributed by atoms with Crippen LogP contribution < -0.4 is 5.32 Å². The van der Waals surface area contributed by atoms with Crippen LogP contribution in [0.2, 0.25) is 0 Å². The molecule has 1 amide bonds. The number of nitrogens with zero attached hydrogens (tertiary/aromatic N) is 1. The van der Waals surface area contributed by atoms with Crippen LogP contribution in [0.4, 0.5) is 5.69 Å². The van der Waals surface area contributed by atoms with Crippen molar-refractivity contribution < 1.29 is 14.8 Å². The number of benzene rings is 2. The Hall–Kier alpha value is -2.89. The summed E-state index contributed by atoms with van der Waals surface area (Å²) in [7, 11) is 0. The van der Waals surface area contributed by atoms with E-state index < -0.39 is 10.8 Å². The van der Waals surface area contributed by atoms with Crippen LogP contribution in [-0.2, 0) is 6.54 Å². The van der Waals surface area contributed by atoms with Crippen LogP contribution in [0.3, 0.4) is 0 Å². The fraction of sp³-hybridized carbons (Fsp3) is 0.0714. The van der Waals surface area contributed by atoms with E-state index in [-0.39, 0.29) is 23.5 Å². The summed E-state index contributed by atoms with van der Waals surface area (Å²) in [6, 6.07) is 12.3. The molecule has 0 aromatic heterocycles. The van der Waals surface area contributed by atoms with Gasteiger partial charge in [-0.3, -0.25) is 14.9 Å². The van der Waals surface area contributed by atoms with Crippen LogP contribution in [0.25, 0.3) is 0 Å².